The number of nitrogens with zero attached hydrogens (tertiary/aromatic N) is 2. The SMILES string of the molecule is C#CCOc1ccc(C(C)Nc2c(C)nn(C)c2C)cc1. The largest absolute Gasteiger partial charge is 0.481 e. The molecule has 0 radical (unpaired) electrons. The van der Waals surface area contributed by atoms with Crippen LogP contribution in [-0.4, -0.2) is 16.4 Å². The van der Waals surface area contributed by atoms with Crippen LogP contribution in [0.5, 0.6) is 5.75 Å². The molecule has 1 N–H and O–H groups in total. The summed E-state index contributed by atoms with van der Waals surface area (Å²) in [6, 6.07) is 8.16. The first-order valence-electron chi connectivity index (χ1n) is 6.96. The number of nitrogens with one attached hydrogen (secondary N) is 1. The monoisotopic (exact) mass is 283 g/mol. The Morgan fingerprint density at radius 1 is 1.33 bits per heavy atom. The Bertz CT molecular complexity index is 650. The normalized spacial score (nSPS) is 11.8. The Labute approximate surface area is 126 Å². The maximum absolute atomic E-state index is 5.38. The van der Waals surface area contributed by atoms with Crippen molar-refractivity contribution < 1.29 is 4.74 Å². The zero-order valence-corrected chi connectivity index (χ0v) is 13.0. The van der Waals surface area contributed by atoms with Gasteiger partial charge in [0.05, 0.1) is 17.1 Å². The summed E-state index contributed by atoms with van der Waals surface area (Å²) in [6.07, 6.45) is 5.18. The molecule has 0 amide bonds. The Hall–Kier alpha value is -2.41. The number of terminal acetylenes is 1. The molecule has 1 heterocycles. The third-order valence-electron chi connectivity index (χ3n) is 3.57. The molecule has 0 bridgehead atoms. The lowest BCUT2D eigenvalue weighted by atomic mass is 10.1. The first-order valence-corrected chi connectivity index (χ1v) is 6.96. The second kappa shape index (κ2) is 6.36. The average Bonchev–Trinajstić information content (AvgIpc) is 2.72. The highest BCUT2D eigenvalue weighted by Crippen LogP contribution is 2.25. The van der Waals surface area contributed by atoms with E-state index in [0.29, 0.717) is 6.61 Å². The number of aromatic nitrogens is 2. The van der Waals surface area contributed by atoms with Crippen molar-refractivity contribution in [3.8, 4) is 18.1 Å². The van der Waals surface area contributed by atoms with Crippen LogP contribution in [0.15, 0.2) is 24.3 Å². The summed E-state index contributed by atoms with van der Waals surface area (Å²) in [4.78, 5) is 0. The van der Waals surface area contributed by atoms with Gasteiger partial charge in [-0.25, -0.2) is 0 Å². The molecule has 2 aromatic rings. The third kappa shape index (κ3) is 3.38. The first-order chi connectivity index (χ1) is 10.0. The van der Waals surface area contributed by atoms with Crippen LogP contribution in [-0.2, 0) is 7.05 Å². The number of hydrogen-bond donors (Lipinski definition) is 1. The summed E-state index contributed by atoms with van der Waals surface area (Å²) >= 11 is 0. The molecule has 4 heteroatoms. The van der Waals surface area contributed by atoms with Crippen molar-refractivity contribution in [1.82, 2.24) is 9.78 Å². The smallest absolute Gasteiger partial charge is 0.148 e. The number of aryl methyl sites for hydroxylation is 2. The van der Waals surface area contributed by atoms with Crippen LogP contribution in [0.2, 0.25) is 0 Å². The minimum Gasteiger partial charge on any atom is -0.481 e. The van der Waals surface area contributed by atoms with E-state index in [0.717, 1.165) is 22.8 Å². The molecule has 1 unspecified atom stereocenters. The highest BCUT2D eigenvalue weighted by molar-refractivity contribution is 5.53. The van der Waals surface area contributed by atoms with Gasteiger partial charge in [-0.3, -0.25) is 4.68 Å². The van der Waals surface area contributed by atoms with Gasteiger partial charge in [0.25, 0.3) is 0 Å². The summed E-state index contributed by atoms with van der Waals surface area (Å²) in [7, 11) is 1.95. The van der Waals surface area contributed by atoms with Gasteiger partial charge < -0.3 is 10.1 Å². The topological polar surface area (TPSA) is 39.1 Å². The van der Waals surface area contributed by atoms with Crippen molar-refractivity contribution >= 4 is 5.69 Å². The standard InChI is InChI=1S/C17H21N3O/c1-6-11-21-16-9-7-15(8-10-16)12(2)18-17-13(3)19-20(5)14(17)4/h1,7-10,12,18H,11H2,2-5H3. The van der Waals surface area contributed by atoms with Crippen molar-refractivity contribution in [2.45, 2.75) is 26.8 Å². The van der Waals surface area contributed by atoms with E-state index in [9.17, 15) is 0 Å². The van der Waals surface area contributed by atoms with Crippen molar-refractivity contribution in [2.24, 2.45) is 7.05 Å². The number of ether oxygens (including phenoxy) is 1. The van der Waals surface area contributed by atoms with Crippen molar-refractivity contribution in [3.05, 3.63) is 41.2 Å². The molecule has 0 fully saturated rings. The quantitative estimate of drug-likeness (QED) is 0.856. The highest BCUT2D eigenvalue weighted by atomic mass is 16.5. The van der Waals surface area contributed by atoms with E-state index in [-0.39, 0.29) is 6.04 Å². The van der Waals surface area contributed by atoms with Crippen LogP contribution in [0, 0.1) is 26.2 Å². The Balaban J connectivity index is 2.10. The van der Waals surface area contributed by atoms with Crippen LogP contribution < -0.4 is 10.1 Å². The minimum absolute atomic E-state index is 0.188. The fourth-order valence-electron chi connectivity index (χ4n) is 2.26. The van der Waals surface area contributed by atoms with Crippen LogP contribution in [0.3, 0.4) is 0 Å². The van der Waals surface area contributed by atoms with Crippen LogP contribution in [0.25, 0.3) is 0 Å². The van der Waals surface area contributed by atoms with Crippen LogP contribution >= 0.6 is 0 Å². The average molecular weight is 283 g/mol. The first kappa shape index (κ1) is 15.0. The van der Waals surface area contributed by atoms with Gasteiger partial charge in [-0.15, -0.1) is 6.42 Å². The lowest BCUT2D eigenvalue weighted by Crippen LogP contribution is -2.08. The summed E-state index contributed by atoms with van der Waals surface area (Å²) < 4.78 is 7.27. The predicted octanol–water partition coefficient (Wildman–Crippen LogP) is 3.22. The van der Waals surface area contributed by atoms with E-state index in [1.54, 1.807) is 0 Å². The van der Waals surface area contributed by atoms with E-state index < -0.39 is 0 Å². The molecule has 0 saturated heterocycles. The summed E-state index contributed by atoms with van der Waals surface area (Å²) in [5.41, 5.74) is 4.42. The Morgan fingerprint density at radius 2 is 2.00 bits per heavy atom. The molecule has 21 heavy (non-hydrogen) atoms. The minimum atomic E-state index is 0.188. The molecule has 110 valence electrons. The molecular weight excluding hydrogens is 262 g/mol. The fourth-order valence-corrected chi connectivity index (χ4v) is 2.26. The maximum atomic E-state index is 5.38. The van der Waals surface area contributed by atoms with Gasteiger partial charge in [0.1, 0.15) is 12.4 Å². The second-order valence-corrected chi connectivity index (χ2v) is 5.10. The second-order valence-electron chi connectivity index (χ2n) is 5.10. The number of anilines is 1. The van der Waals surface area contributed by atoms with Crippen molar-refractivity contribution in [1.29, 1.82) is 0 Å². The third-order valence-corrected chi connectivity index (χ3v) is 3.57. The fraction of sp³-hybridized carbons (Fsp3) is 0.353. The van der Waals surface area contributed by atoms with E-state index >= 15 is 0 Å². The zero-order valence-electron chi connectivity index (χ0n) is 13.0. The zero-order chi connectivity index (χ0) is 15.4. The van der Waals surface area contributed by atoms with Gasteiger partial charge in [0.2, 0.25) is 0 Å². The van der Waals surface area contributed by atoms with Gasteiger partial charge in [0.15, 0.2) is 0 Å². The van der Waals surface area contributed by atoms with E-state index in [1.165, 1.54) is 5.56 Å². The molecule has 1 aromatic carbocycles. The van der Waals surface area contributed by atoms with E-state index in [4.69, 9.17) is 11.2 Å². The number of benzene rings is 1. The van der Waals surface area contributed by atoms with E-state index in [2.05, 4.69) is 30.2 Å². The van der Waals surface area contributed by atoms with Gasteiger partial charge in [0, 0.05) is 13.1 Å². The van der Waals surface area contributed by atoms with Gasteiger partial charge in [-0.05, 0) is 38.5 Å². The Kier molecular flexibility index (Phi) is 4.54. The maximum Gasteiger partial charge on any atom is 0.148 e. The molecule has 0 aliphatic heterocycles. The van der Waals surface area contributed by atoms with Crippen LogP contribution in [0.4, 0.5) is 5.69 Å². The summed E-state index contributed by atoms with van der Waals surface area (Å²) in [5, 5.41) is 7.94. The number of hydrogen-bond acceptors (Lipinski definition) is 3. The Morgan fingerprint density at radius 3 is 2.52 bits per heavy atom. The van der Waals surface area contributed by atoms with E-state index in [1.807, 2.05) is 42.9 Å². The highest BCUT2D eigenvalue weighted by Gasteiger charge is 2.13. The molecule has 0 spiro atoms. The van der Waals surface area contributed by atoms with Crippen molar-refractivity contribution in [2.75, 3.05) is 11.9 Å². The lowest BCUT2D eigenvalue weighted by Gasteiger charge is -2.16. The molecule has 0 aliphatic carbocycles. The van der Waals surface area contributed by atoms with Crippen LogP contribution in [0.1, 0.15) is 29.9 Å². The predicted molar refractivity (Wildman–Crippen MR) is 85.5 cm³/mol. The van der Waals surface area contributed by atoms with Gasteiger partial charge >= 0.3 is 0 Å². The van der Waals surface area contributed by atoms with Gasteiger partial charge in [-0.2, -0.15) is 5.10 Å². The summed E-state index contributed by atoms with van der Waals surface area (Å²) in [5.74, 6) is 3.25. The number of rotatable bonds is 5. The molecule has 2 rings (SSSR count). The van der Waals surface area contributed by atoms with Gasteiger partial charge in [-0.1, -0.05) is 18.1 Å². The lowest BCUT2D eigenvalue weighted by molar-refractivity contribution is 0.370. The molecule has 4 nitrogen and oxygen atoms in total. The molecule has 0 aliphatic rings. The molecular formula is C17H21N3O. The molecule has 1 aromatic heterocycles. The summed E-state index contributed by atoms with van der Waals surface area (Å²) in [6.45, 7) is 6.50. The molecule has 0 saturated carbocycles. The molecule has 1 atom stereocenters. The van der Waals surface area contributed by atoms with Crippen molar-refractivity contribution in [3.63, 3.8) is 0 Å².